The molecule has 7 nitrogen and oxygen atoms in total. The SMILES string of the molecule is O=C(N[C@@H]1C[C@H]1c1ccco1)N1CCCC(N2CCCS2(=O)=O)C1. The minimum Gasteiger partial charge on any atom is -0.469 e. The molecule has 24 heavy (non-hydrogen) atoms. The second-order valence-corrected chi connectivity index (χ2v) is 8.98. The molecule has 1 aromatic rings. The van der Waals surface area contributed by atoms with Crippen LogP contribution < -0.4 is 5.32 Å². The van der Waals surface area contributed by atoms with Gasteiger partial charge in [0.2, 0.25) is 10.0 Å². The van der Waals surface area contributed by atoms with Crippen LogP contribution in [-0.2, 0) is 10.0 Å². The maximum Gasteiger partial charge on any atom is 0.317 e. The van der Waals surface area contributed by atoms with E-state index in [1.54, 1.807) is 15.5 Å². The van der Waals surface area contributed by atoms with Gasteiger partial charge in [0.1, 0.15) is 5.76 Å². The lowest BCUT2D eigenvalue weighted by Crippen LogP contribution is -2.53. The summed E-state index contributed by atoms with van der Waals surface area (Å²) in [6, 6.07) is 3.76. The monoisotopic (exact) mass is 353 g/mol. The summed E-state index contributed by atoms with van der Waals surface area (Å²) in [7, 11) is -3.12. The normalized spacial score (nSPS) is 32.7. The van der Waals surface area contributed by atoms with Gasteiger partial charge in [0.05, 0.1) is 12.0 Å². The number of carbonyl (C=O) groups excluding carboxylic acids is 1. The van der Waals surface area contributed by atoms with Gasteiger partial charge in [-0.05, 0) is 37.8 Å². The molecule has 3 fully saturated rings. The van der Waals surface area contributed by atoms with Crippen LogP contribution in [0.5, 0.6) is 0 Å². The quantitative estimate of drug-likeness (QED) is 0.889. The molecule has 1 aliphatic carbocycles. The minimum absolute atomic E-state index is 0.0722. The van der Waals surface area contributed by atoms with Crippen LogP contribution in [0.15, 0.2) is 22.8 Å². The van der Waals surface area contributed by atoms with Crippen molar-refractivity contribution in [1.29, 1.82) is 0 Å². The van der Waals surface area contributed by atoms with Crippen molar-refractivity contribution in [3.63, 3.8) is 0 Å². The number of nitrogens with zero attached hydrogens (tertiary/aromatic N) is 2. The highest BCUT2D eigenvalue weighted by Gasteiger charge is 2.43. The number of nitrogens with one attached hydrogen (secondary N) is 1. The molecule has 3 heterocycles. The van der Waals surface area contributed by atoms with E-state index in [4.69, 9.17) is 4.42 Å². The molecular weight excluding hydrogens is 330 g/mol. The van der Waals surface area contributed by atoms with Crippen LogP contribution in [0.3, 0.4) is 0 Å². The number of rotatable bonds is 3. The molecule has 0 bridgehead atoms. The highest BCUT2D eigenvalue weighted by Crippen LogP contribution is 2.41. The zero-order valence-electron chi connectivity index (χ0n) is 13.6. The van der Waals surface area contributed by atoms with Gasteiger partial charge in [0, 0.05) is 37.6 Å². The molecule has 4 rings (SSSR count). The average Bonchev–Trinajstić information content (AvgIpc) is 2.98. The minimum atomic E-state index is -3.12. The van der Waals surface area contributed by atoms with Crippen molar-refractivity contribution in [3.05, 3.63) is 24.2 Å². The van der Waals surface area contributed by atoms with E-state index in [1.165, 1.54) is 0 Å². The van der Waals surface area contributed by atoms with Crippen molar-refractivity contribution >= 4 is 16.1 Å². The van der Waals surface area contributed by atoms with E-state index in [9.17, 15) is 13.2 Å². The molecule has 1 saturated carbocycles. The Balaban J connectivity index is 1.34. The van der Waals surface area contributed by atoms with E-state index in [1.807, 2.05) is 12.1 Å². The molecule has 8 heteroatoms. The Kier molecular flexibility index (Phi) is 4.04. The van der Waals surface area contributed by atoms with Crippen molar-refractivity contribution in [2.45, 2.75) is 43.7 Å². The number of amides is 2. The van der Waals surface area contributed by atoms with Crippen LogP contribution >= 0.6 is 0 Å². The zero-order chi connectivity index (χ0) is 16.7. The summed E-state index contributed by atoms with van der Waals surface area (Å²) in [5, 5.41) is 3.05. The summed E-state index contributed by atoms with van der Waals surface area (Å²) in [5.41, 5.74) is 0. The topological polar surface area (TPSA) is 82.9 Å². The smallest absolute Gasteiger partial charge is 0.317 e. The van der Waals surface area contributed by atoms with Gasteiger partial charge in [0.15, 0.2) is 0 Å². The number of sulfonamides is 1. The van der Waals surface area contributed by atoms with Gasteiger partial charge < -0.3 is 14.6 Å². The van der Waals surface area contributed by atoms with Crippen molar-refractivity contribution in [2.24, 2.45) is 0 Å². The van der Waals surface area contributed by atoms with Crippen LogP contribution in [-0.4, -0.2) is 61.1 Å². The highest BCUT2D eigenvalue weighted by atomic mass is 32.2. The Labute approximate surface area is 142 Å². The molecule has 0 aromatic carbocycles. The standard InChI is InChI=1S/C16H23N3O4S/c20-16(17-14-10-13(14)15-5-2-8-23-15)18-6-1-4-12(11-18)19-7-3-9-24(19,21)22/h2,5,8,12-14H,1,3-4,6-7,9-11H2,(H,17,20)/t12?,13-,14-/m1/s1. The molecule has 2 saturated heterocycles. The van der Waals surface area contributed by atoms with Crippen molar-refractivity contribution in [3.8, 4) is 0 Å². The van der Waals surface area contributed by atoms with Gasteiger partial charge in [-0.2, -0.15) is 4.31 Å². The second kappa shape index (κ2) is 6.07. The third-order valence-corrected chi connectivity index (χ3v) is 7.24. The Morgan fingerprint density at radius 1 is 1.29 bits per heavy atom. The molecule has 2 aliphatic heterocycles. The summed E-state index contributed by atoms with van der Waals surface area (Å²) in [6.45, 7) is 1.77. The fraction of sp³-hybridized carbons (Fsp3) is 0.688. The predicted octanol–water partition coefficient (Wildman–Crippen LogP) is 1.35. The lowest BCUT2D eigenvalue weighted by atomic mass is 10.1. The maximum atomic E-state index is 12.5. The molecule has 3 atom stereocenters. The van der Waals surface area contributed by atoms with Crippen LogP contribution in [0, 0.1) is 0 Å². The third-order valence-electron chi connectivity index (χ3n) is 5.24. The third kappa shape index (κ3) is 3.04. The van der Waals surface area contributed by atoms with E-state index in [-0.39, 0.29) is 29.8 Å². The Morgan fingerprint density at radius 3 is 2.88 bits per heavy atom. The number of piperidine rings is 1. The molecule has 0 radical (unpaired) electrons. The zero-order valence-corrected chi connectivity index (χ0v) is 14.4. The molecule has 1 unspecified atom stereocenters. The van der Waals surface area contributed by atoms with Crippen LogP contribution in [0.1, 0.15) is 37.4 Å². The molecule has 1 aromatic heterocycles. The molecule has 0 spiro atoms. The van der Waals surface area contributed by atoms with E-state index in [0.717, 1.165) is 25.0 Å². The fourth-order valence-corrected chi connectivity index (χ4v) is 5.63. The summed E-state index contributed by atoms with van der Waals surface area (Å²) in [5.74, 6) is 1.42. The number of likely N-dealkylation sites (tertiary alicyclic amines) is 1. The molecule has 132 valence electrons. The molecule has 1 N–H and O–H groups in total. The van der Waals surface area contributed by atoms with Gasteiger partial charge in [0.25, 0.3) is 0 Å². The first-order valence-electron chi connectivity index (χ1n) is 8.63. The Morgan fingerprint density at radius 2 is 2.17 bits per heavy atom. The number of furan rings is 1. The van der Waals surface area contributed by atoms with Crippen molar-refractivity contribution in [2.75, 3.05) is 25.4 Å². The number of hydrogen-bond acceptors (Lipinski definition) is 4. The number of carbonyl (C=O) groups is 1. The number of hydrogen-bond donors (Lipinski definition) is 1. The summed E-state index contributed by atoms with van der Waals surface area (Å²) in [6.07, 6.45) is 4.92. The summed E-state index contributed by atoms with van der Waals surface area (Å²) >= 11 is 0. The molecule has 2 amide bonds. The van der Waals surface area contributed by atoms with Crippen molar-refractivity contribution < 1.29 is 17.6 Å². The fourth-order valence-electron chi connectivity index (χ4n) is 3.86. The van der Waals surface area contributed by atoms with Gasteiger partial charge >= 0.3 is 6.03 Å². The first-order valence-corrected chi connectivity index (χ1v) is 10.2. The van der Waals surface area contributed by atoms with E-state index < -0.39 is 10.0 Å². The number of urea groups is 1. The first kappa shape index (κ1) is 16.0. The summed E-state index contributed by atoms with van der Waals surface area (Å²) < 4.78 is 31.2. The lowest BCUT2D eigenvalue weighted by Gasteiger charge is -2.36. The highest BCUT2D eigenvalue weighted by molar-refractivity contribution is 7.89. The van der Waals surface area contributed by atoms with Gasteiger partial charge in [-0.25, -0.2) is 13.2 Å². The summed E-state index contributed by atoms with van der Waals surface area (Å²) in [4.78, 5) is 14.3. The maximum absolute atomic E-state index is 12.5. The predicted molar refractivity (Wildman–Crippen MR) is 88.1 cm³/mol. The van der Waals surface area contributed by atoms with Gasteiger partial charge in [-0.1, -0.05) is 0 Å². The largest absolute Gasteiger partial charge is 0.469 e. The van der Waals surface area contributed by atoms with E-state index >= 15 is 0 Å². The van der Waals surface area contributed by atoms with E-state index in [0.29, 0.717) is 26.1 Å². The van der Waals surface area contributed by atoms with E-state index in [2.05, 4.69) is 5.32 Å². The molecular formula is C16H23N3O4S. The van der Waals surface area contributed by atoms with Crippen LogP contribution in [0.25, 0.3) is 0 Å². The lowest BCUT2D eigenvalue weighted by molar-refractivity contribution is 0.152. The average molecular weight is 353 g/mol. The van der Waals surface area contributed by atoms with Gasteiger partial charge in [-0.3, -0.25) is 0 Å². The second-order valence-electron chi connectivity index (χ2n) is 6.94. The van der Waals surface area contributed by atoms with Crippen LogP contribution in [0.4, 0.5) is 4.79 Å². The van der Waals surface area contributed by atoms with Crippen molar-refractivity contribution in [1.82, 2.24) is 14.5 Å². The van der Waals surface area contributed by atoms with Crippen LogP contribution in [0.2, 0.25) is 0 Å². The molecule has 3 aliphatic rings. The Hall–Kier alpha value is -1.54. The first-order chi connectivity index (χ1) is 11.5. The Bertz CT molecular complexity index is 703. The van der Waals surface area contributed by atoms with Gasteiger partial charge in [-0.15, -0.1) is 0 Å².